The van der Waals surface area contributed by atoms with Crippen LogP contribution in [0, 0.1) is 11.8 Å². The molecule has 1 unspecified atom stereocenters. The number of amides is 2. The normalized spacial score (nSPS) is 20.7. The van der Waals surface area contributed by atoms with Crippen molar-refractivity contribution in [3.05, 3.63) is 36.0 Å². The Bertz CT molecular complexity index is 881. The van der Waals surface area contributed by atoms with E-state index in [0.29, 0.717) is 44.7 Å². The highest BCUT2D eigenvalue weighted by atomic mass is 16.5. The summed E-state index contributed by atoms with van der Waals surface area (Å²) >= 11 is 0. The second-order valence-electron chi connectivity index (χ2n) is 7.98. The van der Waals surface area contributed by atoms with Gasteiger partial charge in [-0.25, -0.2) is 0 Å². The maximum Gasteiger partial charge on any atom is 0.308 e. The Morgan fingerprint density at radius 3 is 2.48 bits per heavy atom. The van der Waals surface area contributed by atoms with Crippen LogP contribution in [-0.2, 0) is 14.3 Å². The third kappa shape index (κ3) is 3.99. The average Bonchev–Trinajstić information content (AvgIpc) is 3.22. The predicted molar refractivity (Wildman–Crippen MR) is 108 cm³/mol. The van der Waals surface area contributed by atoms with E-state index in [4.69, 9.17) is 4.74 Å². The lowest BCUT2D eigenvalue weighted by Crippen LogP contribution is -2.49. The number of methoxy groups -OCH3 is 1. The molecule has 7 nitrogen and oxygen atoms in total. The summed E-state index contributed by atoms with van der Waals surface area (Å²) in [5.41, 5.74) is 1.51. The van der Waals surface area contributed by atoms with Crippen molar-refractivity contribution in [1.82, 2.24) is 14.8 Å². The van der Waals surface area contributed by atoms with Gasteiger partial charge in [0.2, 0.25) is 5.91 Å². The number of para-hydroxylation sites is 1. The van der Waals surface area contributed by atoms with Crippen molar-refractivity contribution in [2.45, 2.75) is 25.7 Å². The number of nitrogens with one attached hydrogen (secondary N) is 1. The van der Waals surface area contributed by atoms with Crippen LogP contribution in [0.5, 0.6) is 0 Å². The topological polar surface area (TPSA) is 82.7 Å². The van der Waals surface area contributed by atoms with Crippen molar-refractivity contribution in [3.63, 3.8) is 0 Å². The first-order valence-corrected chi connectivity index (χ1v) is 10.3. The molecule has 2 aliphatic rings. The number of ether oxygens (including phenoxy) is 1. The van der Waals surface area contributed by atoms with E-state index in [1.807, 2.05) is 35.2 Å². The number of piperidine rings is 2. The van der Waals surface area contributed by atoms with E-state index in [2.05, 4.69) is 4.98 Å². The zero-order chi connectivity index (χ0) is 20.4. The van der Waals surface area contributed by atoms with Crippen molar-refractivity contribution in [2.24, 2.45) is 11.8 Å². The van der Waals surface area contributed by atoms with E-state index in [1.54, 1.807) is 4.90 Å². The molecule has 154 valence electrons. The van der Waals surface area contributed by atoms with Crippen molar-refractivity contribution in [1.29, 1.82) is 0 Å². The molecule has 2 fully saturated rings. The van der Waals surface area contributed by atoms with Crippen LogP contribution in [0.25, 0.3) is 10.9 Å². The first-order chi connectivity index (χ1) is 14.1. The first-order valence-electron chi connectivity index (χ1n) is 10.3. The minimum absolute atomic E-state index is 0.0527. The fraction of sp³-hybridized carbons (Fsp3) is 0.500. The molecule has 0 saturated carbocycles. The van der Waals surface area contributed by atoms with E-state index in [1.165, 1.54) is 7.11 Å². The summed E-state index contributed by atoms with van der Waals surface area (Å²) in [6.45, 7) is 2.27. The van der Waals surface area contributed by atoms with Gasteiger partial charge in [0.05, 0.1) is 18.9 Å². The Morgan fingerprint density at radius 1 is 1.00 bits per heavy atom. The zero-order valence-electron chi connectivity index (χ0n) is 16.7. The molecule has 1 aromatic heterocycles. The molecule has 7 heteroatoms. The van der Waals surface area contributed by atoms with Crippen LogP contribution in [-0.4, -0.2) is 65.9 Å². The molecule has 1 atom stereocenters. The number of aromatic amines is 1. The molecule has 0 aliphatic carbocycles. The average molecular weight is 397 g/mol. The monoisotopic (exact) mass is 397 g/mol. The zero-order valence-corrected chi connectivity index (χ0v) is 16.7. The van der Waals surface area contributed by atoms with E-state index >= 15 is 0 Å². The highest BCUT2D eigenvalue weighted by molar-refractivity contribution is 5.98. The summed E-state index contributed by atoms with van der Waals surface area (Å²) in [5, 5.41) is 1.01. The van der Waals surface area contributed by atoms with Gasteiger partial charge in [-0.1, -0.05) is 18.2 Å². The number of H-pyrrole nitrogens is 1. The lowest BCUT2D eigenvalue weighted by Gasteiger charge is -2.37. The SMILES string of the molecule is COC(=O)C1CCN(C(=O)C2CCCN(C(=O)c3cc4ccccc4[nH]3)C2)CC1. The molecule has 3 heterocycles. The Kier molecular flexibility index (Phi) is 5.56. The number of rotatable bonds is 3. The van der Waals surface area contributed by atoms with Gasteiger partial charge in [0.15, 0.2) is 0 Å². The summed E-state index contributed by atoms with van der Waals surface area (Å²) in [5.74, 6) is -0.433. The van der Waals surface area contributed by atoms with Gasteiger partial charge in [-0.05, 0) is 37.8 Å². The molecule has 2 aliphatic heterocycles. The quantitative estimate of drug-likeness (QED) is 0.807. The lowest BCUT2D eigenvalue weighted by atomic mass is 9.92. The van der Waals surface area contributed by atoms with E-state index in [0.717, 1.165) is 23.7 Å². The summed E-state index contributed by atoms with van der Waals surface area (Å²) in [7, 11) is 1.40. The molecule has 29 heavy (non-hydrogen) atoms. The summed E-state index contributed by atoms with van der Waals surface area (Å²) in [6, 6.07) is 9.69. The third-order valence-corrected chi connectivity index (χ3v) is 6.16. The Balaban J connectivity index is 1.38. The van der Waals surface area contributed by atoms with Crippen molar-refractivity contribution >= 4 is 28.7 Å². The van der Waals surface area contributed by atoms with Gasteiger partial charge in [-0.3, -0.25) is 14.4 Å². The fourth-order valence-electron chi connectivity index (χ4n) is 4.48. The Morgan fingerprint density at radius 2 is 1.76 bits per heavy atom. The minimum Gasteiger partial charge on any atom is -0.469 e. The highest BCUT2D eigenvalue weighted by Gasteiger charge is 2.34. The number of carbonyl (C=O) groups excluding carboxylic acids is 3. The first kappa shape index (κ1) is 19.5. The molecule has 0 spiro atoms. The van der Waals surface area contributed by atoms with Gasteiger partial charge in [-0.15, -0.1) is 0 Å². The van der Waals surface area contributed by atoms with E-state index in [-0.39, 0.29) is 29.6 Å². The Labute approximate surface area is 170 Å². The lowest BCUT2D eigenvalue weighted by molar-refractivity contribution is -0.150. The molecule has 2 aromatic rings. The second kappa shape index (κ2) is 8.27. The molecule has 1 aromatic carbocycles. The van der Waals surface area contributed by atoms with Crippen LogP contribution < -0.4 is 0 Å². The van der Waals surface area contributed by atoms with Gasteiger partial charge in [0.1, 0.15) is 5.69 Å². The van der Waals surface area contributed by atoms with Crippen molar-refractivity contribution in [2.75, 3.05) is 33.3 Å². The molecule has 2 amide bonds. The minimum atomic E-state index is -0.190. The number of likely N-dealkylation sites (tertiary alicyclic amines) is 2. The van der Waals surface area contributed by atoms with Crippen molar-refractivity contribution in [3.8, 4) is 0 Å². The summed E-state index contributed by atoms with van der Waals surface area (Å²) in [6.07, 6.45) is 2.90. The third-order valence-electron chi connectivity index (χ3n) is 6.16. The molecule has 2 saturated heterocycles. The standard InChI is InChI=1S/C22H27N3O4/c1-29-22(28)15-8-11-24(12-9-15)20(26)17-6-4-10-25(14-17)21(27)19-13-16-5-2-3-7-18(16)23-19/h2-3,5,7,13,15,17,23H,4,6,8-12,14H2,1H3. The fourth-order valence-corrected chi connectivity index (χ4v) is 4.48. The summed E-state index contributed by atoms with van der Waals surface area (Å²) < 4.78 is 4.82. The number of esters is 1. The smallest absolute Gasteiger partial charge is 0.308 e. The van der Waals surface area contributed by atoms with Gasteiger partial charge in [0, 0.05) is 37.1 Å². The molecular formula is C22H27N3O4. The van der Waals surface area contributed by atoms with Crippen molar-refractivity contribution < 1.29 is 19.1 Å². The maximum atomic E-state index is 13.0. The van der Waals surface area contributed by atoms with E-state index < -0.39 is 0 Å². The number of hydrogen-bond donors (Lipinski definition) is 1. The maximum absolute atomic E-state index is 13.0. The van der Waals surface area contributed by atoms with Crippen LogP contribution in [0.3, 0.4) is 0 Å². The number of fused-ring (bicyclic) bond motifs is 1. The van der Waals surface area contributed by atoms with Crippen LogP contribution in [0.15, 0.2) is 30.3 Å². The van der Waals surface area contributed by atoms with Gasteiger partial charge < -0.3 is 19.5 Å². The van der Waals surface area contributed by atoms with Crippen LogP contribution in [0.1, 0.15) is 36.2 Å². The molecule has 1 N–H and O–H groups in total. The predicted octanol–water partition coefficient (Wildman–Crippen LogP) is 2.43. The number of aromatic nitrogens is 1. The van der Waals surface area contributed by atoms with Gasteiger partial charge in [0.25, 0.3) is 5.91 Å². The number of hydrogen-bond acceptors (Lipinski definition) is 4. The van der Waals surface area contributed by atoms with Gasteiger partial charge in [-0.2, -0.15) is 0 Å². The number of nitrogens with zero attached hydrogens (tertiary/aromatic N) is 2. The van der Waals surface area contributed by atoms with Crippen LogP contribution in [0.4, 0.5) is 0 Å². The number of carbonyl (C=O) groups is 3. The molecular weight excluding hydrogens is 370 g/mol. The molecule has 0 radical (unpaired) electrons. The van der Waals surface area contributed by atoms with E-state index in [9.17, 15) is 14.4 Å². The van der Waals surface area contributed by atoms with Crippen LogP contribution >= 0.6 is 0 Å². The largest absolute Gasteiger partial charge is 0.469 e. The highest BCUT2D eigenvalue weighted by Crippen LogP contribution is 2.25. The van der Waals surface area contributed by atoms with Gasteiger partial charge >= 0.3 is 5.97 Å². The summed E-state index contributed by atoms with van der Waals surface area (Å²) in [4.78, 5) is 44.5. The molecule has 0 bridgehead atoms. The van der Waals surface area contributed by atoms with Crippen LogP contribution in [0.2, 0.25) is 0 Å². The molecule has 4 rings (SSSR count). The Hall–Kier alpha value is -2.83. The number of benzene rings is 1. The second-order valence-corrected chi connectivity index (χ2v) is 7.98.